The van der Waals surface area contributed by atoms with E-state index in [-0.39, 0.29) is 17.5 Å². The second-order valence-electron chi connectivity index (χ2n) is 7.68. The number of nitrogens with zero attached hydrogens (tertiary/aromatic N) is 3. The first kappa shape index (κ1) is 23.4. The smallest absolute Gasteiger partial charge is 0.275 e. The fourth-order valence-electron chi connectivity index (χ4n) is 3.84. The number of nitrogens with one attached hydrogen (secondary N) is 1. The quantitative estimate of drug-likeness (QED) is 0.385. The van der Waals surface area contributed by atoms with Crippen LogP contribution in [0.2, 0.25) is 5.02 Å². The molecule has 0 radical (unpaired) electrons. The van der Waals surface area contributed by atoms with E-state index in [4.69, 9.17) is 17.3 Å². The zero-order valence-electron chi connectivity index (χ0n) is 17.8. The lowest BCUT2D eigenvalue weighted by Crippen LogP contribution is -2.19. The van der Waals surface area contributed by atoms with Crippen molar-refractivity contribution in [3.05, 3.63) is 61.7 Å². The molecular formula is C23H22ClN5O2S2. The Hall–Kier alpha value is -2.80. The maximum absolute atomic E-state index is 12.8. The zero-order chi connectivity index (χ0) is 23.4. The van der Waals surface area contributed by atoms with Crippen molar-refractivity contribution in [3.8, 4) is 11.8 Å². The van der Waals surface area contributed by atoms with Gasteiger partial charge in [-0.3, -0.25) is 14.2 Å². The van der Waals surface area contributed by atoms with Crippen molar-refractivity contribution >= 4 is 51.4 Å². The summed E-state index contributed by atoms with van der Waals surface area (Å²) in [6.07, 6.45) is 6.34. The minimum Gasteiger partial charge on any atom is -0.385 e. The molecule has 2 heterocycles. The number of nitrogen functional groups attached to an aromatic ring is 1. The van der Waals surface area contributed by atoms with Crippen molar-refractivity contribution in [1.29, 1.82) is 5.26 Å². The van der Waals surface area contributed by atoms with Crippen molar-refractivity contribution in [2.45, 2.75) is 43.7 Å². The van der Waals surface area contributed by atoms with Gasteiger partial charge in [0.25, 0.3) is 5.56 Å². The van der Waals surface area contributed by atoms with Crippen LogP contribution in [-0.2, 0) is 17.6 Å². The predicted octanol–water partition coefficient (Wildman–Crippen LogP) is 4.79. The Morgan fingerprint density at radius 2 is 1.97 bits per heavy atom. The standard InChI is InChI=1S/C23H22ClN5O2S2/c24-14-7-9-15(10-8-14)29-19(26)11-20(30)28-23(29)32-13-21(31)27-22-17(12-25)16-5-3-1-2-4-6-18(16)33-22/h7-11H,1-6,13,26H2,(H,27,31). The molecule has 0 atom stereocenters. The number of aromatic nitrogens is 2. The summed E-state index contributed by atoms with van der Waals surface area (Å²) in [7, 11) is 0. The van der Waals surface area contributed by atoms with Crippen LogP contribution in [0.25, 0.3) is 5.69 Å². The maximum Gasteiger partial charge on any atom is 0.275 e. The molecule has 3 aromatic rings. The number of aryl methyl sites for hydroxylation is 1. The molecule has 1 aromatic carbocycles. The van der Waals surface area contributed by atoms with E-state index in [9.17, 15) is 14.9 Å². The highest BCUT2D eigenvalue weighted by Crippen LogP contribution is 2.36. The summed E-state index contributed by atoms with van der Waals surface area (Å²) >= 11 is 8.58. The fraction of sp³-hybridized carbons (Fsp3) is 0.304. The number of rotatable bonds is 5. The molecule has 170 valence electrons. The number of anilines is 2. The Bertz CT molecular complexity index is 1280. The van der Waals surface area contributed by atoms with Crippen LogP contribution in [0.1, 0.15) is 41.7 Å². The summed E-state index contributed by atoms with van der Waals surface area (Å²) in [5.74, 6) is -0.0493. The van der Waals surface area contributed by atoms with E-state index >= 15 is 0 Å². The Kier molecular flexibility index (Phi) is 7.38. The number of thioether (sulfide) groups is 1. The Morgan fingerprint density at radius 3 is 2.70 bits per heavy atom. The Balaban J connectivity index is 1.53. The average Bonchev–Trinajstić information content (AvgIpc) is 3.07. The lowest BCUT2D eigenvalue weighted by Gasteiger charge is -2.14. The van der Waals surface area contributed by atoms with Crippen LogP contribution in [0.15, 0.2) is 40.3 Å². The largest absolute Gasteiger partial charge is 0.385 e. The number of amides is 1. The van der Waals surface area contributed by atoms with E-state index in [0.29, 0.717) is 26.4 Å². The average molecular weight is 500 g/mol. The lowest BCUT2D eigenvalue weighted by atomic mass is 9.97. The van der Waals surface area contributed by atoms with Crippen LogP contribution < -0.4 is 16.6 Å². The molecule has 0 spiro atoms. The molecule has 1 amide bonds. The minimum atomic E-state index is -0.481. The van der Waals surface area contributed by atoms with Gasteiger partial charge in [-0.2, -0.15) is 10.2 Å². The number of hydrogen-bond acceptors (Lipinski definition) is 7. The van der Waals surface area contributed by atoms with Gasteiger partial charge in [0.05, 0.1) is 11.3 Å². The van der Waals surface area contributed by atoms with E-state index in [2.05, 4.69) is 16.4 Å². The third kappa shape index (κ3) is 5.41. The second-order valence-corrected chi connectivity index (χ2v) is 10.2. The van der Waals surface area contributed by atoms with Gasteiger partial charge in [-0.05, 0) is 55.5 Å². The van der Waals surface area contributed by atoms with Crippen LogP contribution in [0.4, 0.5) is 10.8 Å². The van der Waals surface area contributed by atoms with Crippen molar-refractivity contribution in [2.24, 2.45) is 0 Å². The van der Waals surface area contributed by atoms with Gasteiger partial charge in [-0.25, -0.2) is 0 Å². The third-order valence-corrected chi connectivity index (χ3v) is 7.78. The molecule has 10 heteroatoms. The Labute approximate surface area is 204 Å². The van der Waals surface area contributed by atoms with Crippen LogP contribution in [0.3, 0.4) is 0 Å². The van der Waals surface area contributed by atoms with Crippen LogP contribution in [-0.4, -0.2) is 21.2 Å². The molecule has 0 unspecified atom stereocenters. The van der Waals surface area contributed by atoms with Crippen LogP contribution in [0.5, 0.6) is 0 Å². The molecular weight excluding hydrogens is 478 g/mol. The second kappa shape index (κ2) is 10.4. The number of nitrogens with two attached hydrogens (primary N) is 1. The van der Waals surface area contributed by atoms with E-state index in [0.717, 1.165) is 43.0 Å². The summed E-state index contributed by atoms with van der Waals surface area (Å²) in [6, 6.07) is 10.5. The molecule has 2 aromatic heterocycles. The molecule has 0 saturated heterocycles. The van der Waals surface area contributed by atoms with E-state index < -0.39 is 5.56 Å². The van der Waals surface area contributed by atoms with Crippen LogP contribution >= 0.6 is 34.7 Å². The van der Waals surface area contributed by atoms with Gasteiger partial charge < -0.3 is 11.1 Å². The molecule has 33 heavy (non-hydrogen) atoms. The van der Waals surface area contributed by atoms with Gasteiger partial charge in [-0.1, -0.05) is 36.2 Å². The molecule has 0 aliphatic heterocycles. The number of halogens is 1. The lowest BCUT2D eigenvalue weighted by molar-refractivity contribution is -0.113. The highest BCUT2D eigenvalue weighted by atomic mass is 35.5. The van der Waals surface area contributed by atoms with E-state index in [1.54, 1.807) is 28.8 Å². The molecule has 0 bridgehead atoms. The predicted molar refractivity (Wildman–Crippen MR) is 134 cm³/mol. The number of fused-ring (bicyclic) bond motifs is 1. The molecule has 3 N–H and O–H groups in total. The van der Waals surface area contributed by atoms with Crippen molar-refractivity contribution in [1.82, 2.24) is 9.55 Å². The highest BCUT2D eigenvalue weighted by Gasteiger charge is 2.21. The first-order valence-electron chi connectivity index (χ1n) is 10.6. The number of hydrogen-bond donors (Lipinski definition) is 2. The van der Waals surface area contributed by atoms with Crippen molar-refractivity contribution < 1.29 is 4.79 Å². The number of thiophene rings is 1. The zero-order valence-corrected chi connectivity index (χ0v) is 20.2. The first-order valence-corrected chi connectivity index (χ1v) is 12.8. The summed E-state index contributed by atoms with van der Waals surface area (Å²) in [5, 5.41) is 14.1. The van der Waals surface area contributed by atoms with Gasteiger partial charge in [0.1, 0.15) is 16.9 Å². The number of carbonyl (C=O) groups excluding carboxylic acids is 1. The van der Waals surface area contributed by atoms with E-state index in [1.807, 2.05) is 0 Å². The van der Waals surface area contributed by atoms with Gasteiger partial charge in [0.2, 0.25) is 5.91 Å². The van der Waals surface area contributed by atoms with Gasteiger partial charge in [-0.15, -0.1) is 11.3 Å². The molecule has 4 rings (SSSR count). The highest BCUT2D eigenvalue weighted by molar-refractivity contribution is 7.99. The van der Waals surface area contributed by atoms with Crippen molar-refractivity contribution in [2.75, 3.05) is 16.8 Å². The Morgan fingerprint density at radius 1 is 1.24 bits per heavy atom. The van der Waals surface area contributed by atoms with E-state index in [1.165, 1.54) is 35.1 Å². The minimum absolute atomic E-state index is 0.0108. The van der Waals surface area contributed by atoms with Gasteiger partial charge in [0.15, 0.2) is 5.16 Å². The van der Waals surface area contributed by atoms with Crippen molar-refractivity contribution in [3.63, 3.8) is 0 Å². The summed E-state index contributed by atoms with van der Waals surface area (Å²) in [6.45, 7) is 0. The topological polar surface area (TPSA) is 114 Å². The first-order chi connectivity index (χ1) is 16.0. The molecule has 1 aliphatic carbocycles. The van der Waals surface area contributed by atoms with Gasteiger partial charge in [0, 0.05) is 21.7 Å². The molecule has 0 fully saturated rings. The normalized spacial score (nSPS) is 13.5. The number of carbonyl (C=O) groups is 1. The number of nitriles is 1. The fourth-order valence-corrected chi connectivity index (χ4v) is 6.05. The van der Waals surface area contributed by atoms with Crippen LogP contribution in [0, 0.1) is 11.3 Å². The summed E-state index contributed by atoms with van der Waals surface area (Å²) in [4.78, 5) is 30.0. The third-order valence-electron chi connectivity index (χ3n) is 5.38. The number of benzene rings is 1. The molecule has 0 saturated carbocycles. The molecule has 7 nitrogen and oxygen atoms in total. The molecule has 1 aliphatic rings. The monoisotopic (exact) mass is 499 g/mol. The SMILES string of the molecule is N#Cc1c(NC(=O)CSc2nc(=O)cc(N)n2-c2ccc(Cl)cc2)sc2c1CCCCCC2. The van der Waals surface area contributed by atoms with Gasteiger partial charge >= 0.3 is 0 Å². The summed E-state index contributed by atoms with van der Waals surface area (Å²) < 4.78 is 1.60. The maximum atomic E-state index is 12.8. The summed E-state index contributed by atoms with van der Waals surface area (Å²) in [5.41, 5.74) is 7.94.